The van der Waals surface area contributed by atoms with Gasteiger partial charge in [0.15, 0.2) is 0 Å². The van der Waals surface area contributed by atoms with Crippen molar-refractivity contribution in [3.8, 4) is 0 Å². The predicted molar refractivity (Wildman–Crippen MR) is 109 cm³/mol. The fourth-order valence-electron chi connectivity index (χ4n) is 4.30. The average Bonchev–Trinajstić information content (AvgIpc) is 3.34. The van der Waals surface area contributed by atoms with Gasteiger partial charge in [-0.2, -0.15) is 0 Å². The lowest BCUT2D eigenvalue weighted by Gasteiger charge is -2.17. The van der Waals surface area contributed by atoms with Crippen LogP contribution in [0.2, 0.25) is 0 Å². The van der Waals surface area contributed by atoms with Crippen molar-refractivity contribution in [2.75, 3.05) is 13.1 Å². The van der Waals surface area contributed by atoms with Crippen molar-refractivity contribution < 1.29 is 9.21 Å². The lowest BCUT2D eigenvalue weighted by atomic mass is 9.99. The number of rotatable bonds is 2. The van der Waals surface area contributed by atoms with Gasteiger partial charge in [-0.05, 0) is 30.2 Å². The number of fused-ring (bicyclic) bond motifs is 3. The Bertz CT molecular complexity index is 1250. The minimum atomic E-state index is -0.410. The van der Waals surface area contributed by atoms with Crippen LogP contribution in [0.3, 0.4) is 0 Å². The zero-order valence-corrected chi connectivity index (χ0v) is 15.6. The summed E-state index contributed by atoms with van der Waals surface area (Å²) in [6, 6.07) is 19.4. The molecule has 0 unspecified atom stereocenters. The zero-order chi connectivity index (χ0) is 19.3. The number of carbonyl (C=O) groups is 1. The number of benzene rings is 2. The highest BCUT2D eigenvalue weighted by atomic mass is 16.4. The second kappa shape index (κ2) is 6.37. The first kappa shape index (κ1) is 16.8. The topological polar surface area (TPSA) is 55.5 Å². The molecule has 5 nitrogen and oxygen atoms in total. The third kappa shape index (κ3) is 2.54. The van der Waals surface area contributed by atoms with Crippen LogP contribution in [-0.4, -0.2) is 28.5 Å². The fourth-order valence-corrected chi connectivity index (χ4v) is 4.30. The summed E-state index contributed by atoms with van der Waals surface area (Å²) in [4.78, 5) is 27.6. The summed E-state index contributed by atoms with van der Waals surface area (Å²) in [5.74, 6) is 0.311. The normalized spacial score (nSPS) is 16.9. The Balaban J connectivity index is 1.54. The molecule has 2 aromatic carbocycles. The maximum Gasteiger partial charge on any atom is 0.345 e. The van der Waals surface area contributed by atoms with E-state index in [1.54, 1.807) is 12.1 Å². The summed E-state index contributed by atoms with van der Waals surface area (Å²) < 4.78 is 7.26. The van der Waals surface area contributed by atoms with Crippen molar-refractivity contribution in [1.29, 1.82) is 0 Å². The van der Waals surface area contributed by atoms with Gasteiger partial charge in [0.1, 0.15) is 11.3 Å². The van der Waals surface area contributed by atoms with Crippen LogP contribution in [0.4, 0.5) is 0 Å². The van der Waals surface area contributed by atoms with Crippen LogP contribution in [0.25, 0.3) is 21.9 Å². The van der Waals surface area contributed by atoms with E-state index in [0.717, 1.165) is 23.9 Å². The Labute approximate surface area is 161 Å². The van der Waals surface area contributed by atoms with Crippen molar-refractivity contribution in [3.05, 3.63) is 82.3 Å². The minimum Gasteiger partial charge on any atom is -0.422 e. The van der Waals surface area contributed by atoms with Crippen molar-refractivity contribution >= 4 is 27.8 Å². The molecular weight excluding hydrogens is 352 g/mol. The van der Waals surface area contributed by atoms with E-state index in [1.807, 2.05) is 52.9 Å². The van der Waals surface area contributed by atoms with E-state index in [-0.39, 0.29) is 5.91 Å². The van der Waals surface area contributed by atoms with E-state index in [9.17, 15) is 9.59 Å². The molecule has 140 valence electrons. The summed E-state index contributed by atoms with van der Waals surface area (Å²) in [6.07, 6.45) is 0.949. The van der Waals surface area contributed by atoms with E-state index in [4.69, 9.17) is 4.42 Å². The van der Waals surface area contributed by atoms with Gasteiger partial charge in [0.05, 0.1) is 10.9 Å². The lowest BCUT2D eigenvalue weighted by molar-refractivity contribution is 0.0782. The summed E-state index contributed by atoms with van der Waals surface area (Å²) in [7, 11) is 1.84. The molecule has 1 saturated heterocycles. The molecule has 2 aromatic heterocycles. The average molecular weight is 372 g/mol. The first-order valence-corrected chi connectivity index (χ1v) is 9.49. The number of hydrogen-bond donors (Lipinski definition) is 0. The molecule has 1 aliphatic heterocycles. The molecule has 0 radical (unpaired) electrons. The summed E-state index contributed by atoms with van der Waals surface area (Å²) >= 11 is 0. The summed E-state index contributed by atoms with van der Waals surface area (Å²) in [5.41, 5.74) is 2.65. The van der Waals surface area contributed by atoms with Crippen LogP contribution in [0.15, 0.2) is 69.9 Å². The molecule has 0 aliphatic carbocycles. The van der Waals surface area contributed by atoms with Crippen molar-refractivity contribution in [1.82, 2.24) is 9.47 Å². The highest BCUT2D eigenvalue weighted by Gasteiger charge is 2.30. The third-order valence-electron chi connectivity index (χ3n) is 5.76. The molecule has 4 aromatic rings. The first-order chi connectivity index (χ1) is 13.6. The summed E-state index contributed by atoms with van der Waals surface area (Å²) in [5, 5.41) is 1.28. The number of para-hydroxylation sites is 1. The van der Waals surface area contributed by atoms with Gasteiger partial charge in [-0.3, -0.25) is 4.79 Å². The molecule has 1 fully saturated rings. The Morgan fingerprint density at radius 2 is 1.79 bits per heavy atom. The number of likely N-dealkylation sites (tertiary alicyclic amines) is 1. The first-order valence-electron chi connectivity index (χ1n) is 9.49. The molecule has 5 heteroatoms. The zero-order valence-electron chi connectivity index (χ0n) is 15.6. The Morgan fingerprint density at radius 1 is 1.04 bits per heavy atom. The molecule has 1 aliphatic rings. The molecule has 0 saturated carbocycles. The van der Waals surface area contributed by atoms with E-state index < -0.39 is 5.63 Å². The maximum absolute atomic E-state index is 13.2. The molecule has 28 heavy (non-hydrogen) atoms. The third-order valence-corrected chi connectivity index (χ3v) is 5.76. The maximum atomic E-state index is 13.2. The van der Waals surface area contributed by atoms with Crippen molar-refractivity contribution in [2.45, 2.75) is 12.3 Å². The van der Waals surface area contributed by atoms with Crippen LogP contribution >= 0.6 is 0 Å². The largest absolute Gasteiger partial charge is 0.422 e. The van der Waals surface area contributed by atoms with Gasteiger partial charge in [-0.15, -0.1) is 0 Å². The molecule has 0 bridgehead atoms. The van der Waals surface area contributed by atoms with E-state index >= 15 is 0 Å². The van der Waals surface area contributed by atoms with Crippen LogP contribution in [0.5, 0.6) is 0 Å². The SMILES string of the molecule is Cn1c(C(=O)N2CC[C@@H](c3ccccc3)C2)cc2c(=O)oc3ccccc3c21. The van der Waals surface area contributed by atoms with Gasteiger partial charge < -0.3 is 13.9 Å². The standard InChI is InChI=1S/C23H20N2O3/c1-24-19(13-18-21(24)17-9-5-6-10-20(17)28-23(18)27)22(26)25-12-11-16(14-25)15-7-3-2-4-8-15/h2-10,13,16H,11-12,14H2,1H3/t16-/m1/s1. The number of carbonyl (C=O) groups excluding carboxylic acids is 1. The van der Waals surface area contributed by atoms with Crippen molar-refractivity contribution in [3.63, 3.8) is 0 Å². The molecule has 0 spiro atoms. The van der Waals surface area contributed by atoms with Crippen molar-refractivity contribution in [2.24, 2.45) is 7.05 Å². The molecule has 1 atom stereocenters. The molecule has 0 N–H and O–H groups in total. The predicted octanol–water partition coefficient (Wildman–Crippen LogP) is 3.91. The van der Waals surface area contributed by atoms with Crippen LogP contribution in [-0.2, 0) is 7.05 Å². The minimum absolute atomic E-state index is 0.0411. The van der Waals surface area contributed by atoms with E-state index in [2.05, 4.69) is 12.1 Å². The fraction of sp³-hybridized carbons (Fsp3) is 0.217. The lowest BCUT2D eigenvalue weighted by Crippen LogP contribution is -2.29. The summed E-state index contributed by atoms with van der Waals surface area (Å²) in [6.45, 7) is 1.41. The number of aryl methyl sites for hydroxylation is 1. The Kier molecular flexibility index (Phi) is 3.83. The van der Waals surface area contributed by atoms with Crippen LogP contribution in [0, 0.1) is 0 Å². The quantitative estimate of drug-likeness (QED) is 0.501. The molecule has 1 amide bonds. The Morgan fingerprint density at radius 3 is 2.61 bits per heavy atom. The smallest absolute Gasteiger partial charge is 0.345 e. The second-order valence-electron chi connectivity index (χ2n) is 7.38. The second-order valence-corrected chi connectivity index (χ2v) is 7.38. The molecule has 5 rings (SSSR count). The van der Waals surface area contributed by atoms with E-state index in [1.165, 1.54) is 5.56 Å². The molecular formula is C23H20N2O3. The highest BCUT2D eigenvalue weighted by Crippen LogP contribution is 2.30. The monoisotopic (exact) mass is 372 g/mol. The van der Waals surface area contributed by atoms with Gasteiger partial charge >= 0.3 is 5.63 Å². The molecule has 3 heterocycles. The highest BCUT2D eigenvalue weighted by molar-refractivity contribution is 6.07. The van der Waals surface area contributed by atoms with E-state index in [0.29, 0.717) is 29.1 Å². The van der Waals surface area contributed by atoms with Gasteiger partial charge in [0.25, 0.3) is 5.91 Å². The van der Waals surface area contributed by atoms with Gasteiger partial charge in [0, 0.05) is 31.4 Å². The Hall–Kier alpha value is -3.34. The van der Waals surface area contributed by atoms with Crippen LogP contribution in [0.1, 0.15) is 28.4 Å². The van der Waals surface area contributed by atoms with Gasteiger partial charge in [-0.1, -0.05) is 42.5 Å². The number of hydrogen-bond acceptors (Lipinski definition) is 3. The van der Waals surface area contributed by atoms with Crippen LogP contribution < -0.4 is 5.63 Å². The number of aromatic nitrogens is 1. The van der Waals surface area contributed by atoms with Gasteiger partial charge in [-0.25, -0.2) is 4.79 Å². The number of amides is 1. The number of nitrogens with zero attached hydrogens (tertiary/aromatic N) is 2. The van der Waals surface area contributed by atoms with Gasteiger partial charge in [0.2, 0.25) is 0 Å².